The van der Waals surface area contributed by atoms with Crippen LogP contribution in [0.4, 0.5) is 23.0 Å². The zero-order valence-electron chi connectivity index (χ0n) is 13.0. The molecule has 0 saturated heterocycles. The van der Waals surface area contributed by atoms with Crippen molar-refractivity contribution >= 4 is 44.4 Å². The van der Waals surface area contributed by atoms with E-state index in [0.29, 0.717) is 22.1 Å². The van der Waals surface area contributed by atoms with Crippen molar-refractivity contribution in [3.63, 3.8) is 0 Å². The number of hydrogen-bond acceptors (Lipinski definition) is 6. The van der Waals surface area contributed by atoms with Crippen molar-refractivity contribution in [3.8, 4) is 5.75 Å². The van der Waals surface area contributed by atoms with Gasteiger partial charge in [0.2, 0.25) is 9.84 Å². The number of nitrogens with one attached hydrogen (secondary N) is 1. The minimum Gasteiger partial charge on any atom is -0.497 e. The van der Waals surface area contributed by atoms with E-state index in [-0.39, 0.29) is 21.4 Å². The molecule has 0 amide bonds. The molecule has 0 unspecified atom stereocenters. The number of aromatic nitrogens is 2. The van der Waals surface area contributed by atoms with Gasteiger partial charge in [0.25, 0.3) is 0 Å². The Labute approximate surface area is 148 Å². The van der Waals surface area contributed by atoms with Crippen LogP contribution in [0.5, 0.6) is 5.75 Å². The SMILES string of the molecule is COc1ccc(N2c3ccc(Cl)cc3S(=O)(=O)c3c2n[nH]c3N)cc1. The molecule has 7 nitrogen and oxygen atoms in total. The third-order valence-electron chi connectivity index (χ3n) is 3.99. The Balaban J connectivity index is 2.02. The maximum atomic E-state index is 13.0. The number of nitrogen functional groups attached to an aromatic ring is 1. The molecule has 25 heavy (non-hydrogen) atoms. The molecule has 2 aromatic carbocycles. The molecule has 1 aromatic heterocycles. The average Bonchev–Trinajstić information content (AvgIpc) is 2.99. The van der Waals surface area contributed by atoms with Crippen molar-refractivity contribution in [1.29, 1.82) is 0 Å². The van der Waals surface area contributed by atoms with Gasteiger partial charge in [-0.3, -0.25) is 10.00 Å². The van der Waals surface area contributed by atoms with E-state index >= 15 is 0 Å². The largest absolute Gasteiger partial charge is 0.497 e. The quantitative estimate of drug-likeness (QED) is 0.556. The second-order valence-corrected chi connectivity index (χ2v) is 7.73. The first kappa shape index (κ1) is 15.8. The van der Waals surface area contributed by atoms with Crippen molar-refractivity contribution in [2.75, 3.05) is 17.7 Å². The van der Waals surface area contributed by atoms with Gasteiger partial charge in [-0.05, 0) is 42.5 Å². The normalized spacial score (nSPS) is 14.7. The van der Waals surface area contributed by atoms with E-state index in [0.717, 1.165) is 0 Å². The fourth-order valence-electron chi connectivity index (χ4n) is 2.86. The lowest BCUT2D eigenvalue weighted by atomic mass is 10.2. The van der Waals surface area contributed by atoms with Crippen molar-refractivity contribution in [3.05, 3.63) is 47.5 Å². The van der Waals surface area contributed by atoms with Crippen molar-refractivity contribution < 1.29 is 13.2 Å². The van der Waals surface area contributed by atoms with E-state index in [9.17, 15) is 8.42 Å². The molecular formula is C16H13ClN4O3S. The molecular weight excluding hydrogens is 364 g/mol. The molecule has 0 bridgehead atoms. The van der Waals surface area contributed by atoms with Gasteiger partial charge in [0.15, 0.2) is 10.7 Å². The number of ether oxygens (including phenoxy) is 1. The monoisotopic (exact) mass is 376 g/mol. The van der Waals surface area contributed by atoms with Crippen molar-refractivity contribution in [2.45, 2.75) is 9.79 Å². The number of halogens is 1. The molecule has 9 heteroatoms. The first-order chi connectivity index (χ1) is 11.9. The fourth-order valence-corrected chi connectivity index (χ4v) is 4.74. The smallest absolute Gasteiger partial charge is 0.216 e. The Bertz CT molecular complexity index is 1080. The molecule has 3 aromatic rings. The Morgan fingerprint density at radius 2 is 1.92 bits per heavy atom. The molecule has 3 N–H and O–H groups in total. The highest BCUT2D eigenvalue weighted by Gasteiger charge is 2.39. The molecule has 0 radical (unpaired) electrons. The van der Waals surface area contributed by atoms with Crippen molar-refractivity contribution in [2.24, 2.45) is 0 Å². The summed E-state index contributed by atoms with van der Waals surface area (Å²) in [4.78, 5) is 1.74. The third kappa shape index (κ3) is 2.25. The van der Waals surface area contributed by atoms with E-state index in [1.807, 2.05) is 12.1 Å². The predicted octanol–water partition coefficient (Wildman–Crippen LogP) is 3.27. The van der Waals surface area contributed by atoms with Crippen LogP contribution in [0.1, 0.15) is 0 Å². The number of nitrogens with two attached hydrogens (primary N) is 1. The van der Waals surface area contributed by atoms with Gasteiger partial charge in [-0.2, -0.15) is 5.10 Å². The number of fused-ring (bicyclic) bond motifs is 2. The van der Waals surface area contributed by atoms with Crippen LogP contribution in [0.15, 0.2) is 52.3 Å². The van der Waals surface area contributed by atoms with Crippen LogP contribution in [-0.4, -0.2) is 25.7 Å². The number of sulfone groups is 1. The van der Waals surface area contributed by atoms with E-state index in [1.165, 1.54) is 6.07 Å². The summed E-state index contributed by atoms with van der Waals surface area (Å²) in [7, 11) is -2.26. The highest BCUT2D eigenvalue weighted by atomic mass is 35.5. The van der Waals surface area contributed by atoms with E-state index in [1.54, 1.807) is 36.3 Å². The number of anilines is 4. The summed E-state index contributed by atoms with van der Waals surface area (Å²) < 4.78 is 31.1. The molecule has 2 heterocycles. The van der Waals surface area contributed by atoms with Gasteiger partial charge < -0.3 is 10.5 Å². The summed E-state index contributed by atoms with van der Waals surface area (Å²) in [6, 6.07) is 11.9. The highest BCUT2D eigenvalue weighted by Crippen LogP contribution is 2.49. The predicted molar refractivity (Wildman–Crippen MR) is 94.7 cm³/mol. The highest BCUT2D eigenvalue weighted by molar-refractivity contribution is 7.92. The lowest BCUT2D eigenvalue weighted by molar-refractivity contribution is 0.415. The number of nitrogens with zero attached hydrogens (tertiary/aromatic N) is 2. The molecule has 0 saturated carbocycles. The van der Waals surface area contributed by atoms with Crippen LogP contribution in [-0.2, 0) is 9.84 Å². The Hall–Kier alpha value is -2.71. The number of benzene rings is 2. The molecule has 128 valence electrons. The third-order valence-corrected chi connectivity index (χ3v) is 6.07. The van der Waals surface area contributed by atoms with Crippen LogP contribution >= 0.6 is 11.6 Å². The Morgan fingerprint density at radius 3 is 2.60 bits per heavy atom. The van der Waals surface area contributed by atoms with Crippen LogP contribution in [0.3, 0.4) is 0 Å². The van der Waals surface area contributed by atoms with Gasteiger partial charge in [0, 0.05) is 10.7 Å². The summed E-state index contributed by atoms with van der Waals surface area (Å²) >= 11 is 6.02. The lowest BCUT2D eigenvalue weighted by Gasteiger charge is -2.30. The second kappa shape index (κ2) is 5.40. The minimum absolute atomic E-state index is 0.0147. The molecule has 4 rings (SSSR count). The van der Waals surface area contributed by atoms with Crippen LogP contribution in [0.2, 0.25) is 5.02 Å². The van der Waals surface area contributed by atoms with Gasteiger partial charge in [-0.25, -0.2) is 8.42 Å². The summed E-state index contributed by atoms with van der Waals surface area (Å²) in [5.41, 5.74) is 7.01. The number of aromatic amines is 1. The summed E-state index contributed by atoms with van der Waals surface area (Å²) in [6.45, 7) is 0. The van der Waals surface area contributed by atoms with E-state index in [2.05, 4.69) is 10.2 Å². The molecule has 1 aliphatic heterocycles. The van der Waals surface area contributed by atoms with Gasteiger partial charge in [-0.1, -0.05) is 11.6 Å². The van der Waals surface area contributed by atoms with Crippen LogP contribution in [0, 0.1) is 0 Å². The molecule has 1 aliphatic rings. The Kier molecular flexibility index (Phi) is 3.41. The van der Waals surface area contributed by atoms with Gasteiger partial charge in [0.1, 0.15) is 11.6 Å². The number of methoxy groups -OCH3 is 1. The van der Waals surface area contributed by atoms with Gasteiger partial charge in [-0.15, -0.1) is 0 Å². The molecule has 0 fully saturated rings. The van der Waals surface area contributed by atoms with E-state index < -0.39 is 9.84 Å². The van der Waals surface area contributed by atoms with E-state index in [4.69, 9.17) is 22.1 Å². The first-order valence-electron chi connectivity index (χ1n) is 7.26. The summed E-state index contributed by atoms with van der Waals surface area (Å²) in [5, 5.41) is 6.98. The fraction of sp³-hybridized carbons (Fsp3) is 0.0625. The maximum absolute atomic E-state index is 13.0. The number of H-pyrrole nitrogens is 1. The molecule has 0 aliphatic carbocycles. The lowest BCUT2D eigenvalue weighted by Crippen LogP contribution is -2.22. The topological polar surface area (TPSA) is 101 Å². The molecule has 0 spiro atoms. The molecule has 0 atom stereocenters. The van der Waals surface area contributed by atoms with Gasteiger partial charge >= 0.3 is 0 Å². The first-order valence-corrected chi connectivity index (χ1v) is 9.12. The zero-order chi connectivity index (χ0) is 17.8. The summed E-state index contributed by atoms with van der Waals surface area (Å²) in [6.07, 6.45) is 0. The standard InChI is InChI=1S/C16H13ClN4O3S/c1-24-11-5-3-10(4-6-11)21-12-7-2-9(17)8-13(12)25(22,23)14-15(18)19-20-16(14)21/h2-8H,1H3,(H3,18,19,20). The Morgan fingerprint density at radius 1 is 1.20 bits per heavy atom. The minimum atomic E-state index is -3.83. The van der Waals surface area contributed by atoms with Crippen LogP contribution in [0.25, 0.3) is 0 Å². The van der Waals surface area contributed by atoms with Gasteiger partial charge in [0.05, 0.1) is 17.7 Å². The maximum Gasteiger partial charge on any atom is 0.216 e. The average molecular weight is 377 g/mol. The summed E-state index contributed by atoms with van der Waals surface area (Å²) in [5.74, 6) is 0.892. The number of hydrogen-bond donors (Lipinski definition) is 2. The van der Waals surface area contributed by atoms with Crippen LogP contribution < -0.4 is 15.4 Å². The van der Waals surface area contributed by atoms with Crippen molar-refractivity contribution in [1.82, 2.24) is 10.2 Å². The second-order valence-electron chi connectivity index (χ2n) is 5.44. The zero-order valence-corrected chi connectivity index (χ0v) is 14.6. The number of rotatable bonds is 2.